The molecule has 2 aromatic rings. The molecule has 1 aliphatic rings. The molecule has 3 rings (SSSR count). The summed E-state index contributed by atoms with van der Waals surface area (Å²) in [4.78, 5) is 30.7. The highest BCUT2D eigenvalue weighted by Crippen LogP contribution is 2.25. The minimum absolute atomic E-state index is 0.0248. The summed E-state index contributed by atoms with van der Waals surface area (Å²) >= 11 is 0. The molecule has 1 atom stereocenters. The van der Waals surface area contributed by atoms with Crippen LogP contribution in [0.25, 0.3) is 0 Å². The fourth-order valence-corrected chi connectivity index (χ4v) is 2.98. The van der Waals surface area contributed by atoms with Gasteiger partial charge in [0.1, 0.15) is 11.6 Å². The van der Waals surface area contributed by atoms with Crippen molar-refractivity contribution >= 4 is 17.6 Å². The molecule has 0 radical (unpaired) electrons. The summed E-state index contributed by atoms with van der Waals surface area (Å²) in [5, 5.41) is 2.80. The second kappa shape index (κ2) is 7.34. The Morgan fingerprint density at radius 2 is 2.08 bits per heavy atom. The van der Waals surface area contributed by atoms with Crippen molar-refractivity contribution in [3.05, 3.63) is 53.7 Å². The maximum atomic E-state index is 12.4. The largest absolute Gasteiger partial charge is 0.496 e. The van der Waals surface area contributed by atoms with Crippen molar-refractivity contribution in [1.29, 1.82) is 0 Å². The van der Waals surface area contributed by atoms with Gasteiger partial charge in [-0.15, -0.1) is 0 Å². The number of rotatable bonds is 5. The van der Waals surface area contributed by atoms with E-state index in [1.165, 1.54) is 0 Å². The van der Waals surface area contributed by atoms with Gasteiger partial charge in [-0.3, -0.25) is 9.59 Å². The van der Waals surface area contributed by atoms with Crippen molar-refractivity contribution in [2.45, 2.75) is 19.9 Å². The highest BCUT2D eigenvalue weighted by molar-refractivity contribution is 5.96. The van der Waals surface area contributed by atoms with Gasteiger partial charge in [0.2, 0.25) is 11.8 Å². The number of para-hydroxylation sites is 1. The van der Waals surface area contributed by atoms with Crippen LogP contribution in [0.15, 0.2) is 42.5 Å². The van der Waals surface area contributed by atoms with Crippen LogP contribution in [-0.2, 0) is 16.1 Å². The van der Waals surface area contributed by atoms with Gasteiger partial charge >= 0.3 is 0 Å². The maximum Gasteiger partial charge on any atom is 0.230 e. The van der Waals surface area contributed by atoms with E-state index in [-0.39, 0.29) is 24.2 Å². The topological polar surface area (TPSA) is 71.5 Å². The molecule has 6 heteroatoms. The Kier molecular flexibility index (Phi) is 4.97. The number of nitrogens with one attached hydrogen (secondary N) is 1. The first kappa shape index (κ1) is 17.0. The highest BCUT2D eigenvalue weighted by Gasteiger charge is 2.34. The van der Waals surface area contributed by atoms with Gasteiger partial charge < -0.3 is 15.0 Å². The molecule has 1 N–H and O–H groups in total. The minimum atomic E-state index is -0.371. The predicted molar refractivity (Wildman–Crippen MR) is 94.1 cm³/mol. The lowest BCUT2D eigenvalue weighted by molar-refractivity contribution is -0.128. The molecule has 1 aromatic heterocycles. The van der Waals surface area contributed by atoms with E-state index in [1.807, 2.05) is 43.3 Å². The number of aromatic nitrogens is 1. The summed E-state index contributed by atoms with van der Waals surface area (Å²) in [6.45, 7) is 2.70. The SMILES string of the molecule is COc1ccccc1CN1CC(C(=O)Nc2cccc(C)n2)CC1=O. The summed E-state index contributed by atoms with van der Waals surface area (Å²) in [5.74, 6) is 0.689. The number of methoxy groups -OCH3 is 1. The molecule has 1 aliphatic heterocycles. The molecule has 6 nitrogen and oxygen atoms in total. The zero-order valence-electron chi connectivity index (χ0n) is 14.4. The van der Waals surface area contributed by atoms with Crippen LogP contribution in [0.4, 0.5) is 5.82 Å². The van der Waals surface area contributed by atoms with Crippen LogP contribution in [0.1, 0.15) is 17.7 Å². The number of aryl methyl sites for hydroxylation is 1. The standard InChI is InChI=1S/C19H21N3O3/c1-13-6-5-9-17(20-13)21-19(24)15-10-18(23)22(12-15)11-14-7-3-4-8-16(14)25-2/h3-9,15H,10-12H2,1-2H3,(H,20,21,24). The number of hydrogen-bond acceptors (Lipinski definition) is 4. The molecule has 0 aliphatic carbocycles. The van der Waals surface area contributed by atoms with E-state index in [9.17, 15) is 9.59 Å². The normalized spacial score (nSPS) is 16.8. The molecule has 1 fully saturated rings. The first-order valence-corrected chi connectivity index (χ1v) is 8.21. The number of nitrogens with zero attached hydrogens (tertiary/aromatic N) is 2. The summed E-state index contributed by atoms with van der Waals surface area (Å²) in [6, 6.07) is 13.0. The van der Waals surface area contributed by atoms with Crippen molar-refractivity contribution in [2.75, 3.05) is 19.0 Å². The Labute approximate surface area is 146 Å². The average molecular weight is 339 g/mol. The lowest BCUT2D eigenvalue weighted by atomic mass is 10.1. The van der Waals surface area contributed by atoms with Crippen LogP contribution < -0.4 is 10.1 Å². The van der Waals surface area contributed by atoms with Crippen molar-refractivity contribution < 1.29 is 14.3 Å². The van der Waals surface area contributed by atoms with Crippen molar-refractivity contribution in [1.82, 2.24) is 9.88 Å². The molecule has 130 valence electrons. The number of hydrogen-bond donors (Lipinski definition) is 1. The molecule has 2 amide bonds. The second-order valence-electron chi connectivity index (χ2n) is 6.14. The number of likely N-dealkylation sites (tertiary alicyclic amines) is 1. The third-order valence-corrected chi connectivity index (χ3v) is 4.28. The summed E-state index contributed by atoms with van der Waals surface area (Å²) in [5.41, 5.74) is 1.76. The van der Waals surface area contributed by atoms with Gasteiger partial charge in [0.25, 0.3) is 0 Å². The van der Waals surface area contributed by atoms with Gasteiger partial charge in [-0.05, 0) is 25.1 Å². The third-order valence-electron chi connectivity index (χ3n) is 4.28. The van der Waals surface area contributed by atoms with Crippen molar-refractivity contribution in [3.63, 3.8) is 0 Å². The van der Waals surface area contributed by atoms with E-state index in [2.05, 4.69) is 10.3 Å². The number of benzene rings is 1. The van der Waals surface area contributed by atoms with Crippen LogP contribution in [-0.4, -0.2) is 35.4 Å². The van der Waals surface area contributed by atoms with Crippen LogP contribution >= 0.6 is 0 Å². The van der Waals surface area contributed by atoms with Gasteiger partial charge in [-0.2, -0.15) is 0 Å². The maximum absolute atomic E-state index is 12.4. The number of carbonyl (C=O) groups is 2. The summed E-state index contributed by atoms with van der Waals surface area (Å²) in [7, 11) is 1.61. The number of pyridine rings is 1. The van der Waals surface area contributed by atoms with E-state index >= 15 is 0 Å². The van der Waals surface area contributed by atoms with Crippen LogP contribution in [0, 0.1) is 12.8 Å². The Balaban J connectivity index is 1.64. The summed E-state index contributed by atoms with van der Waals surface area (Å²) < 4.78 is 5.33. The molecular weight excluding hydrogens is 318 g/mol. The Morgan fingerprint density at radius 3 is 2.84 bits per heavy atom. The first-order valence-electron chi connectivity index (χ1n) is 8.21. The summed E-state index contributed by atoms with van der Waals surface area (Å²) in [6.07, 6.45) is 0.215. The highest BCUT2D eigenvalue weighted by atomic mass is 16.5. The monoisotopic (exact) mass is 339 g/mol. The zero-order valence-corrected chi connectivity index (χ0v) is 14.4. The van der Waals surface area contributed by atoms with Gasteiger partial charge in [0.05, 0.1) is 13.0 Å². The molecule has 0 bridgehead atoms. The average Bonchev–Trinajstić information content (AvgIpc) is 2.96. The van der Waals surface area contributed by atoms with Crippen molar-refractivity contribution in [3.8, 4) is 5.75 Å². The van der Waals surface area contributed by atoms with E-state index < -0.39 is 0 Å². The van der Waals surface area contributed by atoms with Crippen LogP contribution in [0.5, 0.6) is 5.75 Å². The van der Waals surface area contributed by atoms with E-state index in [0.29, 0.717) is 18.9 Å². The van der Waals surface area contributed by atoms with Gasteiger partial charge in [-0.1, -0.05) is 24.3 Å². The minimum Gasteiger partial charge on any atom is -0.496 e. The number of ether oxygens (including phenoxy) is 1. The molecule has 25 heavy (non-hydrogen) atoms. The van der Waals surface area contributed by atoms with Gasteiger partial charge in [-0.25, -0.2) is 4.98 Å². The molecule has 1 saturated heterocycles. The first-order chi connectivity index (χ1) is 12.1. The van der Waals surface area contributed by atoms with Gasteiger partial charge in [0, 0.05) is 30.8 Å². The Morgan fingerprint density at radius 1 is 1.28 bits per heavy atom. The van der Waals surface area contributed by atoms with E-state index in [0.717, 1.165) is 17.0 Å². The lowest BCUT2D eigenvalue weighted by Gasteiger charge is -2.18. The third kappa shape index (κ3) is 3.96. The molecular formula is C19H21N3O3. The molecule has 2 heterocycles. The fraction of sp³-hybridized carbons (Fsp3) is 0.316. The van der Waals surface area contributed by atoms with Gasteiger partial charge in [0.15, 0.2) is 0 Å². The molecule has 0 spiro atoms. The zero-order chi connectivity index (χ0) is 17.8. The quantitative estimate of drug-likeness (QED) is 0.908. The smallest absolute Gasteiger partial charge is 0.230 e. The fourth-order valence-electron chi connectivity index (χ4n) is 2.98. The van der Waals surface area contributed by atoms with Crippen molar-refractivity contribution in [2.24, 2.45) is 5.92 Å². The lowest BCUT2D eigenvalue weighted by Crippen LogP contribution is -2.28. The molecule has 0 saturated carbocycles. The molecule has 1 aromatic carbocycles. The van der Waals surface area contributed by atoms with E-state index in [4.69, 9.17) is 4.74 Å². The second-order valence-corrected chi connectivity index (χ2v) is 6.14. The molecule has 1 unspecified atom stereocenters. The van der Waals surface area contributed by atoms with Crippen LogP contribution in [0.3, 0.4) is 0 Å². The number of anilines is 1. The Bertz CT molecular complexity index is 791. The predicted octanol–water partition coefficient (Wildman–Crippen LogP) is 2.39. The number of carbonyl (C=O) groups excluding carboxylic acids is 2. The number of amides is 2. The Hall–Kier alpha value is -2.89. The van der Waals surface area contributed by atoms with E-state index in [1.54, 1.807) is 18.1 Å². The van der Waals surface area contributed by atoms with Crippen LogP contribution in [0.2, 0.25) is 0 Å².